The number of rotatable bonds is 5. The SMILES string of the molecule is Cc1cc(NC(=O)c2c(C)c(C(=O)C(=O)NC3C(=O)CCC3(C)C)n(C)c2C)ccc1F. The maximum atomic E-state index is 13.5. The van der Waals surface area contributed by atoms with Crippen LogP contribution in [0.25, 0.3) is 0 Å². The van der Waals surface area contributed by atoms with Crippen LogP contribution in [0.3, 0.4) is 0 Å². The van der Waals surface area contributed by atoms with Gasteiger partial charge in [0.05, 0.1) is 17.3 Å². The Morgan fingerprint density at radius 1 is 1.16 bits per heavy atom. The maximum absolute atomic E-state index is 13.5. The summed E-state index contributed by atoms with van der Waals surface area (Å²) in [7, 11) is 1.60. The lowest BCUT2D eigenvalue weighted by atomic mass is 9.87. The number of anilines is 1. The molecular weight excluding hydrogens is 413 g/mol. The number of benzene rings is 1. The Morgan fingerprint density at radius 3 is 2.38 bits per heavy atom. The molecule has 1 unspecified atom stereocenters. The van der Waals surface area contributed by atoms with Crippen LogP contribution in [0.5, 0.6) is 0 Å². The van der Waals surface area contributed by atoms with Crippen LogP contribution in [0, 0.1) is 32.0 Å². The first-order valence-corrected chi connectivity index (χ1v) is 10.5. The molecule has 0 aliphatic heterocycles. The molecule has 32 heavy (non-hydrogen) atoms. The number of carbonyl (C=O) groups excluding carboxylic acids is 4. The van der Waals surface area contributed by atoms with Crippen LogP contribution in [0.2, 0.25) is 0 Å². The molecule has 1 aromatic heterocycles. The van der Waals surface area contributed by atoms with Crippen LogP contribution in [0.15, 0.2) is 18.2 Å². The summed E-state index contributed by atoms with van der Waals surface area (Å²) >= 11 is 0. The van der Waals surface area contributed by atoms with Crippen molar-refractivity contribution in [1.29, 1.82) is 0 Å². The van der Waals surface area contributed by atoms with Crippen molar-refractivity contribution < 1.29 is 23.6 Å². The van der Waals surface area contributed by atoms with Crippen LogP contribution in [0.4, 0.5) is 10.1 Å². The van der Waals surface area contributed by atoms with Gasteiger partial charge in [0, 0.05) is 24.8 Å². The smallest absolute Gasteiger partial charge is 0.294 e. The third kappa shape index (κ3) is 4.09. The topological polar surface area (TPSA) is 97.3 Å². The number of nitrogens with zero attached hydrogens (tertiary/aromatic N) is 1. The van der Waals surface area contributed by atoms with Crippen LogP contribution >= 0.6 is 0 Å². The molecule has 2 amide bonds. The maximum Gasteiger partial charge on any atom is 0.294 e. The molecular formula is C24H28FN3O4. The van der Waals surface area contributed by atoms with E-state index in [0.29, 0.717) is 35.3 Å². The number of aromatic nitrogens is 1. The molecule has 3 rings (SSSR count). The molecule has 2 N–H and O–H groups in total. The molecule has 1 atom stereocenters. The number of halogens is 1. The molecule has 0 saturated heterocycles. The summed E-state index contributed by atoms with van der Waals surface area (Å²) in [5, 5.41) is 5.31. The summed E-state index contributed by atoms with van der Waals surface area (Å²) in [5.74, 6) is -2.61. The molecule has 1 heterocycles. The Balaban J connectivity index is 1.87. The summed E-state index contributed by atoms with van der Waals surface area (Å²) < 4.78 is 15.0. The largest absolute Gasteiger partial charge is 0.344 e. The molecule has 1 aliphatic carbocycles. The van der Waals surface area contributed by atoms with Crippen LogP contribution in [-0.2, 0) is 16.6 Å². The van der Waals surface area contributed by atoms with E-state index in [-0.39, 0.29) is 22.9 Å². The third-order valence-electron chi connectivity index (χ3n) is 6.39. The highest BCUT2D eigenvalue weighted by molar-refractivity contribution is 6.43. The first-order valence-electron chi connectivity index (χ1n) is 10.5. The number of ketones is 2. The van der Waals surface area contributed by atoms with E-state index in [9.17, 15) is 23.6 Å². The summed E-state index contributed by atoms with van der Waals surface area (Å²) in [6.45, 7) is 8.63. The fourth-order valence-electron chi connectivity index (χ4n) is 4.30. The van der Waals surface area contributed by atoms with Crippen LogP contribution in [-0.4, -0.2) is 34.0 Å². The molecule has 170 valence electrons. The monoisotopic (exact) mass is 441 g/mol. The summed E-state index contributed by atoms with van der Waals surface area (Å²) in [5.41, 5.74) is 1.60. The van der Waals surface area contributed by atoms with Gasteiger partial charge >= 0.3 is 0 Å². The molecule has 0 spiro atoms. The quantitative estimate of drug-likeness (QED) is 0.549. The number of amides is 2. The van der Waals surface area contributed by atoms with E-state index < -0.39 is 29.1 Å². The molecule has 1 fully saturated rings. The molecule has 1 aliphatic rings. The van der Waals surface area contributed by atoms with Gasteiger partial charge in [-0.25, -0.2) is 4.39 Å². The highest BCUT2D eigenvalue weighted by atomic mass is 19.1. The Labute approximate surface area is 186 Å². The molecule has 7 nitrogen and oxygen atoms in total. The van der Waals surface area contributed by atoms with Crippen molar-refractivity contribution in [3.05, 3.63) is 52.1 Å². The van der Waals surface area contributed by atoms with Gasteiger partial charge in [0.15, 0.2) is 5.78 Å². The molecule has 1 saturated carbocycles. The van der Waals surface area contributed by atoms with Crippen LogP contribution < -0.4 is 10.6 Å². The van der Waals surface area contributed by atoms with E-state index in [1.807, 2.05) is 13.8 Å². The van der Waals surface area contributed by atoms with Crippen molar-refractivity contribution in [2.24, 2.45) is 12.5 Å². The van der Waals surface area contributed by atoms with Crippen molar-refractivity contribution in [1.82, 2.24) is 9.88 Å². The number of carbonyl (C=O) groups is 4. The number of nitrogens with one attached hydrogen (secondary N) is 2. The second kappa shape index (κ2) is 8.33. The number of aryl methyl sites for hydroxylation is 1. The molecule has 1 aromatic carbocycles. The summed E-state index contributed by atoms with van der Waals surface area (Å²) in [4.78, 5) is 50.8. The molecule has 2 aromatic rings. The Morgan fingerprint density at radius 2 is 1.81 bits per heavy atom. The van der Waals surface area contributed by atoms with E-state index in [1.54, 1.807) is 27.8 Å². The van der Waals surface area contributed by atoms with Gasteiger partial charge in [-0.1, -0.05) is 13.8 Å². The van der Waals surface area contributed by atoms with Crippen molar-refractivity contribution in [3.8, 4) is 0 Å². The van der Waals surface area contributed by atoms with E-state index in [1.165, 1.54) is 22.8 Å². The van der Waals surface area contributed by atoms with E-state index in [2.05, 4.69) is 10.6 Å². The lowest BCUT2D eigenvalue weighted by Gasteiger charge is -2.26. The van der Waals surface area contributed by atoms with Crippen molar-refractivity contribution in [2.45, 2.75) is 53.5 Å². The summed E-state index contributed by atoms with van der Waals surface area (Å²) in [6.07, 6.45) is 1.00. The van der Waals surface area contributed by atoms with Gasteiger partial charge in [-0.15, -0.1) is 0 Å². The van der Waals surface area contributed by atoms with Gasteiger partial charge < -0.3 is 15.2 Å². The zero-order valence-corrected chi connectivity index (χ0v) is 19.2. The standard InChI is InChI=1S/C24H28FN3O4/c1-12-11-15(7-8-16(12)25)26-22(31)18-13(2)19(28(6)14(18)3)20(30)23(32)27-21-17(29)9-10-24(21,4)5/h7-8,11,21H,9-10H2,1-6H3,(H,26,31)(H,27,32). The highest BCUT2D eigenvalue weighted by Crippen LogP contribution is 2.35. The third-order valence-corrected chi connectivity index (χ3v) is 6.39. The first-order chi connectivity index (χ1) is 14.8. The lowest BCUT2D eigenvalue weighted by molar-refractivity contribution is -0.125. The van der Waals surface area contributed by atoms with E-state index in [4.69, 9.17) is 0 Å². The Kier molecular flexibility index (Phi) is 6.09. The van der Waals surface area contributed by atoms with Gasteiger partial charge in [-0.05, 0) is 61.9 Å². The van der Waals surface area contributed by atoms with Gasteiger partial charge in [-0.3, -0.25) is 19.2 Å². The predicted octanol–water partition coefficient (Wildman–Crippen LogP) is 3.40. The highest BCUT2D eigenvalue weighted by Gasteiger charge is 2.43. The Bertz CT molecular complexity index is 1150. The zero-order chi connectivity index (χ0) is 24.0. The zero-order valence-electron chi connectivity index (χ0n) is 19.2. The van der Waals surface area contributed by atoms with Gasteiger partial charge in [0.25, 0.3) is 17.6 Å². The molecule has 8 heteroatoms. The predicted molar refractivity (Wildman–Crippen MR) is 118 cm³/mol. The second-order valence-electron chi connectivity index (χ2n) is 9.10. The van der Waals surface area contributed by atoms with Crippen molar-refractivity contribution >= 4 is 29.1 Å². The summed E-state index contributed by atoms with van der Waals surface area (Å²) in [6, 6.07) is 3.51. The van der Waals surface area contributed by atoms with Gasteiger partial charge in [0.1, 0.15) is 5.82 Å². The fraction of sp³-hybridized carbons (Fsp3) is 0.417. The van der Waals surface area contributed by atoms with E-state index in [0.717, 1.165) is 0 Å². The fourth-order valence-corrected chi connectivity index (χ4v) is 4.30. The molecule has 0 bridgehead atoms. The van der Waals surface area contributed by atoms with Gasteiger partial charge in [-0.2, -0.15) is 0 Å². The average molecular weight is 442 g/mol. The minimum absolute atomic E-state index is 0.0867. The minimum Gasteiger partial charge on any atom is -0.344 e. The number of hydrogen-bond donors (Lipinski definition) is 2. The first kappa shape index (κ1) is 23.4. The normalized spacial score (nSPS) is 17.3. The second-order valence-corrected chi connectivity index (χ2v) is 9.10. The average Bonchev–Trinajstić information content (AvgIpc) is 3.10. The number of hydrogen-bond acceptors (Lipinski definition) is 4. The van der Waals surface area contributed by atoms with E-state index >= 15 is 0 Å². The number of Topliss-reactive ketones (excluding diaryl/α,β-unsaturated/α-hetero) is 2. The Hall–Kier alpha value is -3.29. The van der Waals surface area contributed by atoms with Crippen molar-refractivity contribution in [2.75, 3.05) is 5.32 Å². The van der Waals surface area contributed by atoms with Crippen molar-refractivity contribution in [3.63, 3.8) is 0 Å². The molecule has 0 radical (unpaired) electrons. The van der Waals surface area contributed by atoms with Gasteiger partial charge in [0.2, 0.25) is 0 Å². The lowest BCUT2D eigenvalue weighted by Crippen LogP contribution is -2.48. The van der Waals surface area contributed by atoms with Crippen LogP contribution in [0.1, 0.15) is 64.4 Å². The minimum atomic E-state index is -0.872.